The van der Waals surface area contributed by atoms with Crippen molar-refractivity contribution in [2.75, 3.05) is 18.5 Å². The number of aryl methyl sites for hydroxylation is 1. The quantitative estimate of drug-likeness (QED) is 0.848. The van der Waals surface area contributed by atoms with Crippen molar-refractivity contribution in [3.05, 3.63) is 42.5 Å². The van der Waals surface area contributed by atoms with E-state index in [1.165, 1.54) is 12.1 Å². The molecule has 130 valence electrons. The Kier molecular flexibility index (Phi) is 5.67. The minimum absolute atomic E-state index is 0.124. The second kappa shape index (κ2) is 7.71. The van der Waals surface area contributed by atoms with E-state index >= 15 is 0 Å². The lowest BCUT2D eigenvalue weighted by Crippen LogP contribution is -2.31. The molecule has 0 radical (unpaired) electrons. The first-order valence-electron chi connectivity index (χ1n) is 7.14. The maximum Gasteiger partial charge on any atom is 0.422 e. The molecular weight excluding hydrogens is 325 g/mol. The van der Waals surface area contributed by atoms with Crippen LogP contribution in [0.1, 0.15) is 5.56 Å². The number of rotatable bonds is 6. The number of imidazole rings is 1. The third-order valence-electron chi connectivity index (χ3n) is 3.04. The fourth-order valence-electron chi connectivity index (χ4n) is 1.94. The van der Waals surface area contributed by atoms with Crippen molar-refractivity contribution in [2.45, 2.75) is 19.6 Å². The van der Waals surface area contributed by atoms with Gasteiger partial charge in [-0.25, -0.2) is 9.78 Å². The first kappa shape index (κ1) is 17.6. The molecule has 0 fully saturated rings. The number of aromatic nitrogens is 2. The smallest absolute Gasteiger partial charge is 0.422 e. The molecule has 0 spiro atoms. The summed E-state index contributed by atoms with van der Waals surface area (Å²) in [5.74, 6) is 0.124. The average molecular weight is 342 g/mol. The van der Waals surface area contributed by atoms with Gasteiger partial charge in [-0.3, -0.25) is 0 Å². The number of halogens is 3. The first-order chi connectivity index (χ1) is 11.3. The minimum atomic E-state index is -4.39. The summed E-state index contributed by atoms with van der Waals surface area (Å²) in [5, 5.41) is 5.28. The van der Waals surface area contributed by atoms with Crippen LogP contribution in [0.15, 0.2) is 36.9 Å². The number of ether oxygens (including phenoxy) is 1. The summed E-state index contributed by atoms with van der Waals surface area (Å²) >= 11 is 0. The molecule has 2 amide bonds. The Morgan fingerprint density at radius 3 is 2.79 bits per heavy atom. The Bertz CT molecular complexity index is 672. The zero-order chi connectivity index (χ0) is 17.6. The molecule has 1 aromatic carbocycles. The third-order valence-corrected chi connectivity index (χ3v) is 3.04. The van der Waals surface area contributed by atoms with Crippen LogP contribution in [0.4, 0.5) is 23.7 Å². The number of hydrogen-bond acceptors (Lipinski definition) is 3. The number of carbonyl (C=O) groups is 1. The molecule has 1 aromatic heterocycles. The van der Waals surface area contributed by atoms with Crippen LogP contribution in [-0.4, -0.2) is 34.9 Å². The summed E-state index contributed by atoms with van der Waals surface area (Å²) in [5.41, 5.74) is 0.961. The molecule has 6 nitrogen and oxygen atoms in total. The zero-order valence-corrected chi connectivity index (χ0v) is 12.9. The molecule has 0 aliphatic rings. The van der Waals surface area contributed by atoms with Crippen molar-refractivity contribution in [1.29, 1.82) is 0 Å². The van der Waals surface area contributed by atoms with E-state index < -0.39 is 18.8 Å². The van der Waals surface area contributed by atoms with Crippen molar-refractivity contribution in [1.82, 2.24) is 14.9 Å². The van der Waals surface area contributed by atoms with E-state index in [1.54, 1.807) is 31.7 Å². The number of anilines is 1. The molecule has 0 aliphatic heterocycles. The number of hydrogen-bond donors (Lipinski definition) is 2. The highest BCUT2D eigenvalue weighted by molar-refractivity contribution is 5.89. The lowest BCUT2D eigenvalue weighted by atomic mass is 10.2. The van der Waals surface area contributed by atoms with Crippen LogP contribution in [0.5, 0.6) is 5.75 Å². The standard InChI is InChI=1S/C15H17F3N4O2/c1-11-8-12(2-3-13(11)24-9-15(16,17)18)21-14(23)20-5-7-22-6-4-19-10-22/h2-4,6,8,10H,5,7,9H2,1H3,(H2,20,21,23). The van der Waals surface area contributed by atoms with Gasteiger partial charge in [0.1, 0.15) is 5.75 Å². The summed E-state index contributed by atoms with van der Waals surface area (Å²) in [6, 6.07) is 4.01. The van der Waals surface area contributed by atoms with Crippen LogP contribution in [0.2, 0.25) is 0 Å². The van der Waals surface area contributed by atoms with Gasteiger partial charge in [0.15, 0.2) is 6.61 Å². The van der Waals surface area contributed by atoms with E-state index in [1.807, 2.05) is 4.57 Å². The van der Waals surface area contributed by atoms with Crippen LogP contribution in [-0.2, 0) is 6.54 Å². The number of benzene rings is 1. The van der Waals surface area contributed by atoms with Crippen LogP contribution >= 0.6 is 0 Å². The molecule has 0 saturated carbocycles. The molecule has 2 N–H and O–H groups in total. The van der Waals surface area contributed by atoms with Crippen LogP contribution in [0.3, 0.4) is 0 Å². The molecule has 0 unspecified atom stereocenters. The molecular formula is C15H17F3N4O2. The zero-order valence-electron chi connectivity index (χ0n) is 12.9. The number of nitrogens with one attached hydrogen (secondary N) is 2. The highest BCUT2D eigenvalue weighted by Gasteiger charge is 2.28. The third kappa shape index (κ3) is 5.82. The Hall–Kier alpha value is -2.71. The van der Waals surface area contributed by atoms with Gasteiger partial charge in [-0.15, -0.1) is 0 Å². The van der Waals surface area contributed by atoms with E-state index in [9.17, 15) is 18.0 Å². The van der Waals surface area contributed by atoms with Gasteiger partial charge in [0.2, 0.25) is 0 Å². The molecule has 0 saturated heterocycles. The largest absolute Gasteiger partial charge is 0.484 e. The Morgan fingerprint density at radius 1 is 1.38 bits per heavy atom. The van der Waals surface area contributed by atoms with Crippen molar-refractivity contribution >= 4 is 11.7 Å². The maximum absolute atomic E-state index is 12.1. The van der Waals surface area contributed by atoms with Gasteiger partial charge in [-0.05, 0) is 30.7 Å². The van der Waals surface area contributed by atoms with E-state index in [2.05, 4.69) is 15.6 Å². The van der Waals surface area contributed by atoms with E-state index in [-0.39, 0.29) is 5.75 Å². The predicted octanol–water partition coefficient (Wildman–Crippen LogP) is 2.95. The fraction of sp³-hybridized carbons (Fsp3) is 0.333. The molecule has 1 heterocycles. The highest BCUT2D eigenvalue weighted by atomic mass is 19.4. The van der Waals surface area contributed by atoms with Crippen molar-refractivity contribution in [3.8, 4) is 5.75 Å². The maximum atomic E-state index is 12.1. The van der Waals surface area contributed by atoms with E-state index in [0.29, 0.717) is 24.3 Å². The summed E-state index contributed by atoms with van der Waals surface area (Å²) in [4.78, 5) is 15.7. The van der Waals surface area contributed by atoms with Gasteiger partial charge in [0.25, 0.3) is 0 Å². The molecule has 0 aliphatic carbocycles. The number of nitrogens with zero attached hydrogens (tertiary/aromatic N) is 2. The molecule has 2 aromatic rings. The minimum Gasteiger partial charge on any atom is -0.484 e. The number of alkyl halides is 3. The second-order valence-corrected chi connectivity index (χ2v) is 5.07. The summed E-state index contributed by atoms with van der Waals surface area (Å²) in [7, 11) is 0. The Balaban J connectivity index is 1.81. The lowest BCUT2D eigenvalue weighted by molar-refractivity contribution is -0.153. The molecule has 0 atom stereocenters. The monoisotopic (exact) mass is 342 g/mol. The van der Waals surface area contributed by atoms with Gasteiger partial charge in [-0.2, -0.15) is 13.2 Å². The summed E-state index contributed by atoms with van der Waals surface area (Å²) in [6.07, 6.45) is 0.676. The van der Waals surface area contributed by atoms with Crippen LogP contribution in [0.25, 0.3) is 0 Å². The molecule has 24 heavy (non-hydrogen) atoms. The highest BCUT2D eigenvalue weighted by Crippen LogP contribution is 2.24. The van der Waals surface area contributed by atoms with Gasteiger partial charge in [-0.1, -0.05) is 0 Å². The van der Waals surface area contributed by atoms with Crippen LogP contribution < -0.4 is 15.4 Å². The average Bonchev–Trinajstić information content (AvgIpc) is 2.98. The number of amides is 2. The Labute approximate surface area is 136 Å². The normalized spacial score (nSPS) is 11.2. The summed E-state index contributed by atoms with van der Waals surface area (Å²) in [6.45, 7) is 1.24. The number of urea groups is 1. The van der Waals surface area contributed by atoms with E-state index in [4.69, 9.17) is 4.74 Å². The first-order valence-corrected chi connectivity index (χ1v) is 7.14. The lowest BCUT2D eigenvalue weighted by Gasteiger charge is -2.13. The van der Waals surface area contributed by atoms with E-state index in [0.717, 1.165) is 0 Å². The predicted molar refractivity (Wildman–Crippen MR) is 82.0 cm³/mol. The van der Waals surface area contributed by atoms with Gasteiger partial charge in [0.05, 0.1) is 6.33 Å². The SMILES string of the molecule is Cc1cc(NC(=O)NCCn2ccnc2)ccc1OCC(F)(F)F. The Morgan fingerprint density at radius 2 is 2.17 bits per heavy atom. The van der Waals surface area contributed by atoms with Crippen molar-refractivity contribution < 1.29 is 22.7 Å². The van der Waals surface area contributed by atoms with Crippen LogP contribution in [0, 0.1) is 6.92 Å². The number of carbonyl (C=O) groups excluding carboxylic acids is 1. The molecule has 0 bridgehead atoms. The molecule has 2 rings (SSSR count). The molecule has 9 heteroatoms. The van der Waals surface area contributed by atoms with Crippen molar-refractivity contribution in [2.24, 2.45) is 0 Å². The van der Waals surface area contributed by atoms with Gasteiger partial charge >= 0.3 is 12.2 Å². The topological polar surface area (TPSA) is 68.2 Å². The van der Waals surface area contributed by atoms with Gasteiger partial charge < -0.3 is 19.9 Å². The summed E-state index contributed by atoms with van der Waals surface area (Å²) < 4.78 is 43.0. The second-order valence-electron chi connectivity index (χ2n) is 5.07. The fourth-order valence-corrected chi connectivity index (χ4v) is 1.94. The van der Waals surface area contributed by atoms with Gasteiger partial charge in [0, 0.05) is 31.2 Å². The van der Waals surface area contributed by atoms with Crippen molar-refractivity contribution in [3.63, 3.8) is 0 Å².